The van der Waals surface area contributed by atoms with Gasteiger partial charge in [-0.1, -0.05) is 0 Å². The highest BCUT2D eigenvalue weighted by molar-refractivity contribution is 5.93. The van der Waals surface area contributed by atoms with Crippen molar-refractivity contribution < 1.29 is 14.7 Å². The Balaban J connectivity index is 2.05. The zero-order valence-electron chi connectivity index (χ0n) is 10.2. The number of imidazole rings is 1. The van der Waals surface area contributed by atoms with Gasteiger partial charge in [0.2, 0.25) is 5.91 Å². The molecule has 98 valence electrons. The molecule has 1 fully saturated rings. The first-order valence-electron chi connectivity index (χ1n) is 6.14. The minimum absolute atomic E-state index is 0.00661. The molecule has 0 aliphatic carbocycles. The third kappa shape index (κ3) is 1.95. The third-order valence-electron chi connectivity index (χ3n) is 3.41. The van der Waals surface area contributed by atoms with Gasteiger partial charge in [-0.3, -0.25) is 4.79 Å². The molecule has 2 heterocycles. The lowest BCUT2D eigenvalue weighted by molar-refractivity contribution is -0.125. The number of amides is 1. The molecular weight excluding hydrogens is 246 g/mol. The molecule has 2 aromatic rings. The Morgan fingerprint density at radius 2 is 2.32 bits per heavy atom. The van der Waals surface area contributed by atoms with Crippen LogP contribution in [0.1, 0.15) is 29.2 Å². The largest absolute Gasteiger partial charge is 0.478 e. The highest BCUT2D eigenvalue weighted by Gasteiger charge is 2.25. The number of benzene rings is 1. The molecule has 2 N–H and O–H groups in total. The van der Waals surface area contributed by atoms with E-state index < -0.39 is 5.97 Å². The van der Waals surface area contributed by atoms with E-state index in [9.17, 15) is 9.59 Å². The predicted molar refractivity (Wildman–Crippen MR) is 68.0 cm³/mol. The highest BCUT2D eigenvalue weighted by Crippen LogP contribution is 2.24. The van der Waals surface area contributed by atoms with Gasteiger partial charge in [0.1, 0.15) is 6.04 Å². The predicted octanol–water partition coefficient (Wildman–Crippen LogP) is 1.19. The Labute approximate surface area is 109 Å². The van der Waals surface area contributed by atoms with Crippen LogP contribution in [0.5, 0.6) is 0 Å². The lowest BCUT2D eigenvalue weighted by Gasteiger charge is -2.23. The van der Waals surface area contributed by atoms with Gasteiger partial charge in [0, 0.05) is 6.54 Å². The molecule has 0 radical (unpaired) electrons. The van der Waals surface area contributed by atoms with E-state index in [1.807, 2.05) is 4.57 Å². The number of fused-ring (bicyclic) bond motifs is 1. The summed E-state index contributed by atoms with van der Waals surface area (Å²) < 4.78 is 1.81. The van der Waals surface area contributed by atoms with E-state index in [0.717, 1.165) is 18.4 Å². The molecular formula is C13H13N3O3. The Morgan fingerprint density at radius 3 is 3.05 bits per heavy atom. The summed E-state index contributed by atoms with van der Waals surface area (Å²) in [4.78, 5) is 27.0. The van der Waals surface area contributed by atoms with Gasteiger partial charge in [0.25, 0.3) is 0 Å². The van der Waals surface area contributed by atoms with E-state index in [1.165, 1.54) is 12.1 Å². The summed E-state index contributed by atoms with van der Waals surface area (Å²) in [5.74, 6) is -0.986. The van der Waals surface area contributed by atoms with Crippen molar-refractivity contribution in [2.45, 2.75) is 18.9 Å². The molecule has 0 spiro atoms. The van der Waals surface area contributed by atoms with E-state index in [4.69, 9.17) is 5.11 Å². The van der Waals surface area contributed by atoms with Gasteiger partial charge < -0.3 is 15.0 Å². The van der Waals surface area contributed by atoms with Crippen LogP contribution in [0.25, 0.3) is 11.0 Å². The fourth-order valence-corrected chi connectivity index (χ4v) is 2.43. The summed E-state index contributed by atoms with van der Waals surface area (Å²) in [5, 5.41) is 11.8. The zero-order valence-corrected chi connectivity index (χ0v) is 10.2. The van der Waals surface area contributed by atoms with Crippen molar-refractivity contribution in [2.75, 3.05) is 6.54 Å². The maximum atomic E-state index is 11.9. The first-order valence-corrected chi connectivity index (χ1v) is 6.14. The summed E-state index contributed by atoms with van der Waals surface area (Å²) in [5.41, 5.74) is 1.58. The number of carbonyl (C=O) groups is 2. The van der Waals surface area contributed by atoms with Crippen molar-refractivity contribution in [2.24, 2.45) is 0 Å². The number of carboxylic acids is 1. The zero-order chi connectivity index (χ0) is 13.4. The summed E-state index contributed by atoms with van der Waals surface area (Å²) >= 11 is 0. The van der Waals surface area contributed by atoms with Crippen LogP contribution in [0, 0.1) is 0 Å². The summed E-state index contributed by atoms with van der Waals surface area (Å²) in [6, 6.07) is 4.50. The fraction of sp³-hybridized carbons (Fsp3) is 0.308. The summed E-state index contributed by atoms with van der Waals surface area (Å²) in [6.45, 7) is 0.713. The number of piperidine rings is 1. The van der Waals surface area contributed by atoms with Crippen molar-refractivity contribution in [3.05, 3.63) is 30.1 Å². The van der Waals surface area contributed by atoms with Crippen LogP contribution in [0.4, 0.5) is 0 Å². The molecule has 6 nitrogen and oxygen atoms in total. The maximum Gasteiger partial charge on any atom is 0.335 e. The second-order valence-electron chi connectivity index (χ2n) is 4.61. The minimum atomic E-state index is -0.980. The van der Waals surface area contributed by atoms with Crippen LogP contribution in [0.3, 0.4) is 0 Å². The normalized spacial score (nSPS) is 19.4. The van der Waals surface area contributed by atoms with E-state index in [0.29, 0.717) is 12.1 Å². The monoisotopic (exact) mass is 259 g/mol. The first-order chi connectivity index (χ1) is 9.16. The van der Waals surface area contributed by atoms with E-state index in [2.05, 4.69) is 10.3 Å². The highest BCUT2D eigenvalue weighted by atomic mass is 16.4. The Hall–Kier alpha value is -2.37. The summed E-state index contributed by atoms with van der Waals surface area (Å²) in [6.07, 6.45) is 3.31. The molecule has 1 aromatic heterocycles. The molecule has 0 saturated carbocycles. The second-order valence-corrected chi connectivity index (χ2v) is 4.61. The molecule has 6 heteroatoms. The molecule has 19 heavy (non-hydrogen) atoms. The molecule has 0 bridgehead atoms. The number of aromatic carboxylic acids is 1. The standard InChI is InChI=1S/C13H13N3O3/c17-12-11(2-1-5-14-12)16-7-15-9-6-8(13(18)19)3-4-10(9)16/h3-4,6-7,11H,1-2,5H2,(H,14,17)(H,18,19). The average molecular weight is 259 g/mol. The molecule has 1 saturated heterocycles. The third-order valence-corrected chi connectivity index (χ3v) is 3.41. The van der Waals surface area contributed by atoms with E-state index in [-0.39, 0.29) is 17.5 Å². The van der Waals surface area contributed by atoms with Crippen LogP contribution < -0.4 is 5.32 Å². The number of hydrogen-bond acceptors (Lipinski definition) is 3. The van der Waals surface area contributed by atoms with Crippen molar-refractivity contribution >= 4 is 22.9 Å². The Bertz CT molecular complexity index is 662. The smallest absolute Gasteiger partial charge is 0.335 e. The second kappa shape index (κ2) is 4.38. The van der Waals surface area contributed by atoms with Crippen molar-refractivity contribution in [3.8, 4) is 0 Å². The number of nitrogens with zero attached hydrogens (tertiary/aromatic N) is 2. The molecule has 3 rings (SSSR count). The van der Waals surface area contributed by atoms with Crippen LogP contribution in [0.15, 0.2) is 24.5 Å². The summed E-state index contributed by atoms with van der Waals surface area (Å²) in [7, 11) is 0. The first kappa shape index (κ1) is 11.7. The van der Waals surface area contributed by atoms with Gasteiger partial charge in [0.05, 0.1) is 22.9 Å². The van der Waals surface area contributed by atoms with Crippen molar-refractivity contribution in [3.63, 3.8) is 0 Å². The Morgan fingerprint density at radius 1 is 1.47 bits per heavy atom. The maximum absolute atomic E-state index is 11.9. The number of nitrogens with one attached hydrogen (secondary N) is 1. The van der Waals surface area contributed by atoms with Crippen LogP contribution in [-0.2, 0) is 4.79 Å². The average Bonchev–Trinajstić information content (AvgIpc) is 2.82. The molecule has 1 aliphatic heterocycles. The molecule has 1 amide bonds. The fourth-order valence-electron chi connectivity index (χ4n) is 2.43. The van der Waals surface area contributed by atoms with Gasteiger partial charge in [-0.15, -0.1) is 0 Å². The van der Waals surface area contributed by atoms with Crippen molar-refractivity contribution in [1.82, 2.24) is 14.9 Å². The minimum Gasteiger partial charge on any atom is -0.478 e. The van der Waals surface area contributed by atoms with Gasteiger partial charge in [-0.25, -0.2) is 9.78 Å². The number of hydrogen-bond donors (Lipinski definition) is 2. The number of carboxylic acid groups (broad SMARTS) is 1. The van der Waals surface area contributed by atoms with Gasteiger partial charge in [-0.05, 0) is 31.0 Å². The quantitative estimate of drug-likeness (QED) is 0.848. The lowest BCUT2D eigenvalue weighted by atomic mass is 10.1. The topological polar surface area (TPSA) is 84.2 Å². The van der Waals surface area contributed by atoms with E-state index >= 15 is 0 Å². The molecule has 1 aliphatic rings. The van der Waals surface area contributed by atoms with Gasteiger partial charge >= 0.3 is 5.97 Å². The van der Waals surface area contributed by atoms with Gasteiger partial charge in [-0.2, -0.15) is 0 Å². The SMILES string of the molecule is O=C(O)c1ccc2c(c1)ncn2C1CCCNC1=O. The van der Waals surface area contributed by atoms with Crippen LogP contribution in [0.2, 0.25) is 0 Å². The molecule has 1 aromatic carbocycles. The van der Waals surface area contributed by atoms with Gasteiger partial charge in [0.15, 0.2) is 0 Å². The molecule has 1 unspecified atom stereocenters. The lowest BCUT2D eigenvalue weighted by Crippen LogP contribution is -2.37. The van der Waals surface area contributed by atoms with Crippen LogP contribution in [-0.4, -0.2) is 33.1 Å². The Kier molecular flexibility index (Phi) is 2.70. The van der Waals surface area contributed by atoms with Crippen molar-refractivity contribution in [1.29, 1.82) is 0 Å². The molecule has 1 atom stereocenters. The number of rotatable bonds is 2. The van der Waals surface area contributed by atoms with E-state index in [1.54, 1.807) is 12.4 Å². The number of aromatic nitrogens is 2. The number of carbonyl (C=O) groups excluding carboxylic acids is 1. The van der Waals surface area contributed by atoms with Crippen LogP contribution >= 0.6 is 0 Å².